The molecule has 1 aromatic heterocycles. The van der Waals surface area contributed by atoms with Gasteiger partial charge in [0.2, 0.25) is 5.91 Å². The van der Waals surface area contributed by atoms with Gasteiger partial charge in [0.05, 0.1) is 23.7 Å². The Hall–Kier alpha value is -3.19. The van der Waals surface area contributed by atoms with E-state index in [2.05, 4.69) is 0 Å². The monoisotopic (exact) mass is 435 g/mol. The number of carbonyl (C=O) groups excluding carboxylic acids is 1. The van der Waals surface area contributed by atoms with Gasteiger partial charge in [-0.2, -0.15) is 5.10 Å². The molecule has 6 nitrogen and oxygen atoms in total. The summed E-state index contributed by atoms with van der Waals surface area (Å²) in [6, 6.07) is 19.6. The molecule has 4 rings (SSSR count). The molecule has 2 heterocycles. The molecule has 0 saturated carbocycles. The molecule has 1 unspecified atom stereocenters. The van der Waals surface area contributed by atoms with Crippen LogP contribution in [0.2, 0.25) is 0 Å². The van der Waals surface area contributed by atoms with Crippen LogP contribution in [0.5, 0.6) is 0 Å². The molecular weight excluding hydrogens is 410 g/mol. The summed E-state index contributed by atoms with van der Waals surface area (Å²) in [7, 11) is -1.38. The zero-order valence-corrected chi connectivity index (χ0v) is 18.2. The number of sulfone groups is 1. The highest BCUT2D eigenvalue weighted by atomic mass is 32.2. The minimum atomic E-state index is -3.04. The Bertz CT molecular complexity index is 1190. The minimum absolute atomic E-state index is 0.0351. The van der Waals surface area contributed by atoms with Crippen molar-refractivity contribution >= 4 is 21.8 Å². The predicted molar refractivity (Wildman–Crippen MR) is 122 cm³/mol. The van der Waals surface area contributed by atoms with Gasteiger partial charge < -0.3 is 4.90 Å². The van der Waals surface area contributed by atoms with Crippen LogP contribution in [0.4, 0.5) is 0 Å². The van der Waals surface area contributed by atoms with E-state index in [1.807, 2.05) is 71.5 Å². The second kappa shape index (κ2) is 8.89. The summed E-state index contributed by atoms with van der Waals surface area (Å²) >= 11 is 0. The van der Waals surface area contributed by atoms with E-state index >= 15 is 0 Å². The second-order valence-corrected chi connectivity index (χ2v) is 10.1. The number of hydrogen-bond donors (Lipinski definition) is 0. The summed E-state index contributed by atoms with van der Waals surface area (Å²) in [4.78, 5) is 14.2. The van der Waals surface area contributed by atoms with E-state index in [0.717, 1.165) is 22.4 Å². The third kappa shape index (κ3) is 5.11. The molecule has 1 aliphatic heterocycles. The number of nitrogens with zero attached hydrogens (tertiary/aromatic N) is 3. The molecule has 31 heavy (non-hydrogen) atoms. The molecule has 1 amide bonds. The van der Waals surface area contributed by atoms with Gasteiger partial charge in [0.15, 0.2) is 9.84 Å². The van der Waals surface area contributed by atoms with Gasteiger partial charge in [0, 0.05) is 36.5 Å². The van der Waals surface area contributed by atoms with Gasteiger partial charge in [-0.3, -0.25) is 9.48 Å². The first-order valence-corrected chi connectivity index (χ1v) is 12.1. The SMILES string of the molecule is CN(C(=O)C=Cc1cn(Cc2ccccc2)nc1-c1ccccc1)C1CCS(=O)(=O)C1. The van der Waals surface area contributed by atoms with Gasteiger partial charge in [-0.05, 0) is 18.1 Å². The smallest absolute Gasteiger partial charge is 0.246 e. The van der Waals surface area contributed by atoms with Gasteiger partial charge >= 0.3 is 0 Å². The fraction of sp³-hybridized carbons (Fsp3) is 0.250. The van der Waals surface area contributed by atoms with E-state index in [9.17, 15) is 13.2 Å². The summed E-state index contributed by atoms with van der Waals surface area (Å²) in [5.74, 6) is -0.0338. The molecule has 7 heteroatoms. The Morgan fingerprint density at radius 3 is 2.45 bits per heavy atom. The Morgan fingerprint density at radius 2 is 1.81 bits per heavy atom. The predicted octanol–water partition coefficient (Wildman–Crippen LogP) is 3.26. The molecule has 1 saturated heterocycles. The molecule has 1 aliphatic rings. The Balaban J connectivity index is 1.58. The van der Waals surface area contributed by atoms with Crippen molar-refractivity contribution in [3.8, 4) is 11.3 Å². The van der Waals surface area contributed by atoms with Crippen molar-refractivity contribution in [3.05, 3.63) is 84.1 Å². The molecule has 1 fully saturated rings. The van der Waals surface area contributed by atoms with Crippen LogP contribution in [0.3, 0.4) is 0 Å². The van der Waals surface area contributed by atoms with Crippen molar-refractivity contribution in [3.63, 3.8) is 0 Å². The van der Waals surface area contributed by atoms with Crippen LogP contribution in [0.25, 0.3) is 17.3 Å². The number of likely N-dealkylation sites (N-methyl/N-ethyl adjacent to an activating group) is 1. The molecule has 0 bridgehead atoms. The third-order valence-electron chi connectivity index (χ3n) is 5.53. The largest absolute Gasteiger partial charge is 0.338 e. The Morgan fingerprint density at radius 1 is 1.13 bits per heavy atom. The quantitative estimate of drug-likeness (QED) is 0.557. The van der Waals surface area contributed by atoms with Crippen molar-refractivity contribution in [1.82, 2.24) is 14.7 Å². The van der Waals surface area contributed by atoms with Crippen LogP contribution in [-0.2, 0) is 21.2 Å². The number of benzene rings is 2. The lowest BCUT2D eigenvalue weighted by Crippen LogP contribution is -2.36. The lowest BCUT2D eigenvalue weighted by atomic mass is 10.1. The second-order valence-electron chi connectivity index (χ2n) is 7.82. The number of amides is 1. The van der Waals surface area contributed by atoms with E-state index in [-0.39, 0.29) is 23.5 Å². The van der Waals surface area contributed by atoms with Gasteiger partial charge in [-0.15, -0.1) is 0 Å². The molecule has 0 N–H and O–H groups in total. The topological polar surface area (TPSA) is 72.3 Å². The molecule has 0 radical (unpaired) electrons. The van der Waals surface area contributed by atoms with Crippen molar-refractivity contribution in [2.45, 2.75) is 19.0 Å². The van der Waals surface area contributed by atoms with Crippen LogP contribution in [0.15, 0.2) is 72.9 Å². The first-order chi connectivity index (χ1) is 14.9. The van der Waals surface area contributed by atoms with E-state index in [4.69, 9.17) is 5.10 Å². The minimum Gasteiger partial charge on any atom is -0.338 e. The molecule has 3 aromatic rings. The molecule has 0 aliphatic carbocycles. The Kier molecular flexibility index (Phi) is 6.04. The molecule has 1 atom stereocenters. The highest BCUT2D eigenvalue weighted by Gasteiger charge is 2.32. The highest BCUT2D eigenvalue weighted by Crippen LogP contribution is 2.24. The van der Waals surface area contributed by atoms with Crippen molar-refractivity contribution in [1.29, 1.82) is 0 Å². The lowest BCUT2D eigenvalue weighted by molar-refractivity contribution is -0.126. The number of aromatic nitrogens is 2. The fourth-order valence-electron chi connectivity index (χ4n) is 3.77. The summed E-state index contributed by atoms with van der Waals surface area (Å²) in [6.07, 6.45) is 5.68. The van der Waals surface area contributed by atoms with Crippen LogP contribution < -0.4 is 0 Å². The van der Waals surface area contributed by atoms with Crippen molar-refractivity contribution < 1.29 is 13.2 Å². The Labute approximate surface area is 182 Å². The van der Waals surface area contributed by atoms with Gasteiger partial charge in [-0.25, -0.2) is 8.42 Å². The molecule has 2 aromatic carbocycles. The number of hydrogen-bond acceptors (Lipinski definition) is 4. The van der Waals surface area contributed by atoms with Crippen LogP contribution in [0, 0.1) is 0 Å². The van der Waals surface area contributed by atoms with Crippen LogP contribution in [-0.4, -0.2) is 53.6 Å². The van der Waals surface area contributed by atoms with E-state index in [0.29, 0.717) is 13.0 Å². The molecule has 160 valence electrons. The zero-order valence-electron chi connectivity index (χ0n) is 17.4. The number of carbonyl (C=O) groups is 1. The molecular formula is C24H25N3O3S. The first-order valence-electron chi connectivity index (χ1n) is 10.2. The van der Waals surface area contributed by atoms with Crippen molar-refractivity contribution in [2.75, 3.05) is 18.6 Å². The van der Waals surface area contributed by atoms with E-state index < -0.39 is 9.84 Å². The van der Waals surface area contributed by atoms with E-state index in [1.165, 1.54) is 11.0 Å². The standard InChI is InChI=1S/C24H25N3O3S/c1-26(22-14-15-31(29,30)18-22)23(28)13-12-21-17-27(16-19-8-4-2-5-9-19)25-24(21)20-10-6-3-7-11-20/h2-13,17,22H,14-16,18H2,1H3. The fourth-order valence-corrected chi connectivity index (χ4v) is 5.54. The van der Waals surface area contributed by atoms with E-state index in [1.54, 1.807) is 13.1 Å². The van der Waals surface area contributed by atoms with Crippen LogP contribution >= 0.6 is 0 Å². The lowest BCUT2D eigenvalue weighted by Gasteiger charge is -2.21. The van der Waals surface area contributed by atoms with Crippen LogP contribution in [0.1, 0.15) is 17.5 Å². The summed E-state index contributed by atoms with van der Waals surface area (Å²) < 4.78 is 25.3. The summed E-state index contributed by atoms with van der Waals surface area (Å²) in [5, 5.41) is 4.76. The maximum Gasteiger partial charge on any atom is 0.246 e. The van der Waals surface area contributed by atoms with Gasteiger partial charge in [0.1, 0.15) is 0 Å². The van der Waals surface area contributed by atoms with Gasteiger partial charge in [0.25, 0.3) is 0 Å². The normalized spacial score (nSPS) is 17.8. The highest BCUT2D eigenvalue weighted by molar-refractivity contribution is 7.91. The maximum absolute atomic E-state index is 12.7. The maximum atomic E-state index is 12.7. The average Bonchev–Trinajstić information content (AvgIpc) is 3.35. The van der Waals surface area contributed by atoms with Crippen molar-refractivity contribution in [2.24, 2.45) is 0 Å². The third-order valence-corrected chi connectivity index (χ3v) is 7.28. The average molecular weight is 436 g/mol. The zero-order chi connectivity index (χ0) is 21.8. The van der Waals surface area contributed by atoms with Gasteiger partial charge in [-0.1, -0.05) is 60.7 Å². The first kappa shape index (κ1) is 21.1. The summed E-state index contributed by atoms with van der Waals surface area (Å²) in [6.45, 7) is 0.627. The number of rotatable bonds is 6. The summed E-state index contributed by atoms with van der Waals surface area (Å²) in [5.41, 5.74) is 3.74. The molecule has 0 spiro atoms.